The summed E-state index contributed by atoms with van der Waals surface area (Å²) in [5, 5.41) is 32.4. The number of fused-ring (bicyclic) bond motifs is 5. The van der Waals surface area contributed by atoms with Gasteiger partial charge in [-0.1, -0.05) is 19.4 Å². The van der Waals surface area contributed by atoms with E-state index in [2.05, 4.69) is 12.2 Å². The number of Topliss-reactive ketones (excluding diaryl/α,β-unsaturated/α-hetero) is 1. The molecule has 0 spiro atoms. The fourth-order valence-electron chi connectivity index (χ4n) is 8.22. The van der Waals surface area contributed by atoms with E-state index in [1.54, 1.807) is 0 Å². The third kappa shape index (κ3) is 5.17. The van der Waals surface area contributed by atoms with Crippen molar-refractivity contribution >= 4 is 29.4 Å². The molecule has 4 N–H and O–H groups in total. The quantitative estimate of drug-likeness (QED) is 0.316. The zero-order valence-electron chi connectivity index (χ0n) is 23.0. The van der Waals surface area contributed by atoms with Crippen LogP contribution in [0.1, 0.15) is 85.0 Å². The van der Waals surface area contributed by atoms with Crippen molar-refractivity contribution in [3.63, 3.8) is 0 Å². The van der Waals surface area contributed by atoms with Crippen molar-refractivity contribution in [2.45, 2.75) is 103 Å². The summed E-state index contributed by atoms with van der Waals surface area (Å²) in [7, 11) is 0. The lowest BCUT2D eigenvalue weighted by Gasteiger charge is -2.58. The summed E-state index contributed by atoms with van der Waals surface area (Å²) < 4.78 is 5.13. The number of allylic oxidation sites excluding steroid dienone is 1. The van der Waals surface area contributed by atoms with Crippen LogP contribution in [0.15, 0.2) is 11.6 Å². The standard InChI is InChI=1S/C29H41NO9/c1-16(31)25(26(36)37)30-23(34)6-7-24(35)39-15-22(33)29(38)13-10-21-19-5-4-17-14-18(32)8-11-27(17,2)20(19)9-12-28(21,29)3/h14,16,19-21,25,31,38H,4-13,15H2,1-3H3,(H,30,34)(H,36,37)/t16-,19-,20+,21+,25-,27+,28+,29+/m1/s1. The molecule has 0 bridgehead atoms. The molecule has 0 aromatic heterocycles. The number of hydrogen-bond acceptors (Lipinski definition) is 8. The third-order valence-corrected chi connectivity index (χ3v) is 10.6. The minimum atomic E-state index is -1.61. The molecule has 0 aromatic carbocycles. The maximum Gasteiger partial charge on any atom is 0.328 e. The Kier molecular flexibility index (Phi) is 8.11. The van der Waals surface area contributed by atoms with E-state index >= 15 is 0 Å². The summed E-state index contributed by atoms with van der Waals surface area (Å²) in [4.78, 5) is 60.7. The first-order valence-corrected chi connectivity index (χ1v) is 14.1. The normalized spacial score (nSPS) is 36.9. The fraction of sp³-hybridized carbons (Fsp3) is 0.759. The largest absolute Gasteiger partial charge is 0.480 e. The van der Waals surface area contributed by atoms with Crippen molar-refractivity contribution in [3.05, 3.63) is 11.6 Å². The zero-order valence-corrected chi connectivity index (χ0v) is 23.0. The highest BCUT2D eigenvalue weighted by molar-refractivity contribution is 5.92. The van der Waals surface area contributed by atoms with Crippen LogP contribution < -0.4 is 5.32 Å². The average molecular weight is 548 g/mol. The van der Waals surface area contributed by atoms with Gasteiger partial charge in [-0.15, -0.1) is 0 Å². The van der Waals surface area contributed by atoms with E-state index in [0.717, 1.165) is 32.1 Å². The van der Waals surface area contributed by atoms with Crippen molar-refractivity contribution in [2.75, 3.05) is 6.61 Å². The number of aliphatic hydroxyl groups excluding tert-OH is 1. The lowest BCUT2D eigenvalue weighted by Crippen LogP contribution is -2.58. The molecule has 1 amide bonds. The second kappa shape index (κ2) is 10.8. The first kappa shape index (κ1) is 29.4. The molecular formula is C29H41NO9. The third-order valence-electron chi connectivity index (χ3n) is 10.6. The molecule has 3 fully saturated rings. The molecule has 0 radical (unpaired) electrons. The van der Waals surface area contributed by atoms with E-state index < -0.39 is 53.4 Å². The van der Waals surface area contributed by atoms with Crippen molar-refractivity contribution in [2.24, 2.45) is 28.6 Å². The number of ketones is 2. The summed E-state index contributed by atoms with van der Waals surface area (Å²) in [5.74, 6) is -2.33. The van der Waals surface area contributed by atoms with Crippen molar-refractivity contribution in [3.8, 4) is 0 Å². The Bertz CT molecular complexity index is 1080. The molecule has 8 atom stereocenters. The molecule has 10 heteroatoms. The Morgan fingerprint density at radius 1 is 1.05 bits per heavy atom. The van der Waals surface area contributed by atoms with E-state index in [4.69, 9.17) is 9.84 Å². The van der Waals surface area contributed by atoms with Gasteiger partial charge in [-0.3, -0.25) is 19.2 Å². The predicted octanol–water partition coefficient (Wildman–Crippen LogP) is 2.09. The summed E-state index contributed by atoms with van der Waals surface area (Å²) in [6, 6.07) is -1.49. The van der Waals surface area contributed by atoms with Crippen molar-refractivity contribution < 1.29 is 44.0 Å². The van der Waals surface area contributed by atoms with Gasteiger partial charge in [0, 0.05) is 18.3 Å². The Morgan fingerprint density at radius 2 is 1.74 bits per heavy atom. The maximum absolute atomic E-state index is 13.3. The molecule has 216 valence electrons. The van der Waals surface area contributed by atoms with Gasteiger partial charge in [-0.25, -0.2) is 4.79 Å². The van der Waals surface area contributed by atoms with Gasteiger partial charge in [0.1, 0.15) is 5.60 Å². The van der Waals surface area contributed by atoms with Crippen LogP contribution in [0.2, 0.25) is 0 Å². The van der Waals surface area contributed by atoms with Gasteiger partial charge in [0.15, 0.2) is 18.4 Å². The van der Waals surface area contributed by atoms with Crippen LogP contribution in [-0.4, -0.2) is 69.1 Å². The molecule has 0 unspecified atom stereocenters. The van der Waals surface area contributed by atoms with E-state index in [9.17, 15) is 34.2 Å². The summed E-state index contributed by atoms with van der Waals surface area (Å²) >= 11 is 0. The van der Waals surface area contributed by atoms with Crippen molar-refractivity contribution in [1.82, 2.24) is 5.32 Å². The number of ether oxygens (including phenoxy) is 1. The number of carboxylic acid groups (broad SMARTS) is 1. The first-order valence-electron chi connectivity index (χ1n) is 14.1. The molecule has 4 aliphatic carbocycles. The Balaban J connectivity index is 1.34. The zero-order chi connectivity index (χ0) is 28.8. The second-order valence-corrected chi connectivity index (χ2v) is 12.5. The Hall–Kier alpha value is -2.59. The number of nitrogens with one attached hydrogen (secondary N) is 1. The average Bonchev–Trinajstić information content (AvgIpc) is 3.16. The van der Waals surface area contributed by atoms with Crippen LogP contribution in [0.5, 0.6) is 0 Å². The predicted molar refractivity (Wildman–Crippen MR) is 138 cm³/mol. The Labute approximate surface area is 228 Å². The number of carboxylic acids is 1. The number of aliphatic hydroxyl groups is 2. The van der Waals surface area contributed by atoms with Gasteiger partial charge in [0.05, 0.1) is 12.5 Å². The molecule has 4 aliphatic rings. The number of carbonyl (C=O) groups is 5. The van der Waals surface area contributed by atoms with Crippen LogP contribution in [0.4, 0.5) is 0 Å². The maximum atomic E-state index is 13.3. The minimum Gasteiger partial charge on any atom is -0.480 e. The first-order chi connectivity index (χ1) is 18.2. The van der Waals surface area contributed by atoms with Gasteiger partial charge in [-0.2, -0.15) is 0 Å². The van der Waals surface area contributed by atoms with E-state index in [-0.39, 0.29) is 30.0 Å². The van der Waals surface area contributed by atoms with Gasteiger partial charge >= 0.3 is 11.9 Å². The number of hydrogen-bond donors (Lipinski definition) is 4. The van der Waals surface area contributed by atoms with Crippen LogP contribution in [-0.2, 0) is 28.7 Å². The smallest absolute Gasteiger partial charge is 0.328 e. The van der Waals surface area contributed by atoms with Crippen LogP contribution in [0, 0.1) is 28.6 Å². The number of amides is 1. The van der Waals surface area contributed by atoms with Gasteiger partial charge in [0.25, 0.3) is 0 Å². The molecule has 4 rings (SSSR count). The van der Waals surface area contributed by atoms with E-state index in [1.165, 1.54) is 12.5 Å². The number of rotatable bonds is 9. The van der Waals surface area contributed by atoms with Gasteiger partial charge < -0.3 is 25.4 Å². The highest BCUT2D eigenvalue weighted by Gasteiger charge is 2.66. The van der Waals surface area contributed by atoms with Crippen LogP contribution in [0.25, 0.3) is 0 Å². The van der Waals surface area contributed by atoms with E-state index in [0.29, 0.717) is 31.1 Å². The number of aliphatic carboxylic acids is 1. The number of carbonyl (C=O) groups excluding carboxylic acids is 4. The molecule has 0 aromatic rings. The highest BCUT2D eigenvalue weighted by atomic mass is 16.5. The van der Waals surface area contributed by atoms with Crippen LogP contribution in [0.3, 0.4) is 0 Å². The fourth-order valence-corrected chi connectivity index (χ4v) is 8.22. The molecule has 3 saturated carbocycles. The molecular weight excluding hydrogens is 506 g/mol. The summed E-state index contributed by atoms with van der Waals surface area (Å²) in [6.07, 6.45) is 5.63. The molecule has 0 aliphatic heterocycles. The van der Waals surface area contributed by atoms with Gasteiger partial charge in [-0.05, 0) is 81.1 Å². The second-order valence-electron chi connectivity index (χ2n) is 12.5. The minimum absolute atomic E-state index is 0.00953. The molecule has 39 heavy (non-hydrogen) atoms. The topological polar surface area (TPSA) is 167 Å². The van der Waals surface area contributed by atoms with Crippen molar-refractivity contribution in [1.29, 1.82) is 0 Å². The monoisotopic (exact) mass is 547 g/mol. The molecule has 0 saturated heterocycles. The van der Waals surface area contributed by atoms with Gasteiger partial charge in [0.2, 0.25) is 11.7 Å². The summed E-state index contributed by atoms with van der Waals surface area (Å²) in [6.45, 7) is 4.91. The van der Waals surface area contributed by atoms with Crippen LogP contribution >= 0.6 is 0 Å². The van der Waals surface area contributed by atoms with E-state index in [1.807, 2.05) is 13.0 Å². The molecule has 10 nitrogen and oxygen atoms in total. The summed E-state index contributed by atoms with van der Waals surface area (Å²) in [5.41, 5.74) is -0.985. The molecule has 0 heterocycles. The highest BCUT2D eigenvalue weighted by Crippen LogP contribution is 2.67. The Morgan fingerprint density at radius 3 is 2.41 bits per heavy atom. The SMILES string of the molecule is C[C@@H](O)[C@@H](NC(=O)CCC(=O)OCC(=O)[C@@]1(O)CC[C@H]2[C@@H]3CCC4=CC(=O)CC[C@]4(C)[C@H]3CC[C@@]21C)C(=O)O. The number of esters is 1. The lowest BCUT2D eigenvalue weighted by atomic mass is 9.46. The lowest BCUT2D eigenvalue weighted by molar-refractivity contribution is -0.170.